The Labute approximate surface area is 175 Å². The molecule has 0 saturated heterocycles. The first kappa shape index (κ1) is 22.1. The highest BCUT2D eigenvalue weighted by atomic mass is 35.5. The number of nitrogens with zero attached hydrogens (tertiary/aromatic N) is 1. The number of hydrogen-bond acceptors (Lipinski definition) is 3. The van der Waals surface area contributed by atoms with Crippen LogP contribution in [0.15, 0.2) is 42.5 Å². The van der Waals surface area contributed by atoms with Gasteiger partial charge in [-0.2, -0.15) is 0 Å². The molecule has 0 aromatic heterocycles. The predicted octanol–water partition coefficient (Wildman–Crippen LogP) is 4.23. The summed E-state index contributed by atoms with van der Waals surface area (Å²) in [7, 11) is 0. The lowest BCUT2D eigenvalue weighted by Crippen LogP contribution is -2.49. The van der Waals surface area contributed by atoms with Gasteiger partial charge in [-0.1, -0.05) is 35.3 Å². The molecule has 0 unspecified atom stereocenters. The fraction of sp³-hybridized carbons (Fsp3) is 0.333. The van der Waals surface area contributed by atoms with Crippen LogP contribution >= 0.6 is 23.2 Å². The van der Waals surface area contributed by atoms with Crippen LogP contribution in [-0.4, -0.2) is 35.9 Å². The van der Waals surface area contributed by atoms with Crippen molar-refractivity contribution in [1.82, 2.24) is 10.2 Å². The summed E-state index contributed by atoms with van der Waals surface area (Å²) in [6, 6.07) is 11.7. The zero-order valence-corrected chi connectivity index (χ0v) is 17.7. The number of hydrogen-bond donors (Lipinski definition) is 1. The second-order valence-electron chi connectivity index (χ2n) is 6.42. The molecule has 0 radical (unpaired) electrons. The lowest BCUT2D eigenvalue weighted by molar-refractivity contribution is -0.142. The van der Waals surface area contributed by atoms with E-state index >= 15 is 0 Å². The molecule has 5 nitrogen and oxygen atoms in total. The van der Waals surface area contributed by atoms with Crippen molar-refractivity contribution in [2.45, 2.75) is 33.4 Å². The number of ether oxygens (including phenoxy) is 1. The molecule has 0 aliphatic rings. The normalized spacial score (nSPS) is 11.6. The lowest BCUT2D eigenvalue weighted by atomic mass is 10.1. The first-order valence-corrected chi connectivity index (χ1v) is 9.78. The van der Waals surface area contributed by atoms with Crippen LogP contribution < -0.4 is 10.1 Å². The molecule has 0 spiro atoms. The van der Waals surface area contributed by atoms with Gasteiger partial charge in [-0.15, -0.1) is 0 Å². The van der Waals surface area contributed by atoms with Crippen molar-refractivity contribution in [3.05, 3.63) is 63.6 Å². The second kappa shape index (κ2) is 10.3. The molecule has 2 rings (SSSR count). The average Bonchev–Trinajstić information content (AvgIpc) is 2.68. The van der Waals surface area contributed by atoms with E-state index < -0.39 is 6.04 Å². The quantitative estimate of drug-likeness (QED) is 0.691. The van der Waals surface area contributed by atoms with Crippen molar-refractivity contribution < 1.29 is 14.3 Å². The molecule has 0 saturated carbocycles. The number of likely N-dealkylation sites (N-methyl/N-ethyl adjacent to an activating group) is 1. The fourth-order valence-corrected chi connectivity index (χ4v) is 2.87. The van der Waals surface area contributed by atoms with Crippen LogP contribution in [0.5, 0.6) is 5.75 Å². The summed E-state index contributed by atoms with van der Waals surface area (Å²) in [6.07, 6.45) is 0. The molecule has 2 aromatic carbocycles. The molecular weight excluding hydrogens is 399 g/mol. The van der Waals surface area contributed by atoms with Crippen molar-refractivity contribution in [3.8, 4) is 5.75 Å². The number of carbonyl (C=O) groups excluding carboxylic acids is 2. The Balaban J connectivity index is 2.13. The number of aryl methyl sites for hydroxylation is 1. The maximum atomic E-state index is 12.9. The molecule has 2 amide bonds. The Kier molecular flexibility index (Phi) is 8.15. The molecule has 7 heteroatoms. The fourth-order valence-electron chi connectivity index (χ4n) is 2.63. The third-order valence-electron chi connectivity index (χ3n) is 4.28. The van der Waals surface area contributed by atoms with Crippen molar-refractivity contribution in [2.75, 3.05) is 13.2 Å². The lowest BCUT2D eigenvalue weighted by Gasteiger charge is -2.28. The minimum atomic E-state index is -0.640. The number of halogens is 2. The number of carbonyl (C=O) groups is 2. The molecule has 0 bridgehead atoms. The molecule has 0 aliphatic heterocycles. The summed E-state index contributed by atoms with van der Waals surface area (Å²) >= 11 is 11.9. The van der Waals surface area contributed by atoms with Gasteiger partial charge < -0.3 is 15.0 Å². The summed E-state index contributed by atoms with van der Waals surface area (Å²) in [4.78, 5) is 26.7. The van der Waals surface area contributed by atoms with E-state index in [1.54, 1.807) is 37.3 Å². The average molecular weight is 423 g/mol. The van der Waals surface area contributed by atoms with Crippen LogP contribution in [0.3, 0.4) is 0 Å². The number of amides is 2. The van der Waals surface area contributed by atoms with Gasteiger partial charge in [0.05, 0.1) is 0 Å². The highest BCUT2D eigenvalue weighted by molar-refractivity contribution is 6.31. The highest BCUT2D eigenvalue weighted by Gasteiger charge is 2.26. The van der Waals surface area contributed by atoms with Gasteiger partial charge in [-0.25, -0.2) is 0 Å². The van der Waals surface area contributed by atoms with Crippen molar-refractivity contribution in [1.29, 1.82) is 0 Å². The van der Waals surface area contributed by atoms with E-state index in [1.165, 1.54) is 4.90 Å². The Morgan fingerprint density at radius 2 is 1.82 bits per heavy atom. The summed E-state index contributed by atoms with van der Waals surface area (Å²) in [6.45, 7) is 5.98. The minimum Gasteiger partial charge on any atom is -0.484 e. The van der Waals surface area contributed by atoms with E-state index in [1.807, 2.05) is 26.0 Å². The van der Waals surface area contributed by atoms with E-state index in [9.17, 15) is 9.59 Å². The summed E-state index contributed by atoms with van der Waals surface area (Å²) in [5, 5.41) is 4.00. The Morgan fingerprint density at radius 3 is 2.43 bits per heavy atom. The van der Waals surface area contributed by atoms with Crippen LogP contribution in [0.1, 0.15) is 25.0 Å². The molecule has 150 valence electrons. The van der Waals surface area contributed by atoms with Gasteiger partial charge in [0.25, 0.3) is 5.91 Å². The molecule has 2 aromatic rings. The van der Waals surface area contributed by atoms with Crippen molar-refractivity contribution >= 4 is 35.0 Å². The summed E-state index contributed by atoms with van der Waals surface area (Å²) in [5.41, 5.74) is 1.73. The van der Waals surface area contributed by atoms with Gasteiger partial charge in [0.2, 0.25) is 5.91 Å². The predicted molar refractivity (Wildman–Crippen MR) is 112 cm³/mol. The zero-order chi connectivity index (χ0) is 20.7. The Bertz CT molecular complexity index is 825. The molecule has 0 fully saturated rings. The molecule has 28 heavy (non-hydrogen) atoms. The number of nitrogens with one attached hydrogen (secondary N) is 1. The summed E-state index contributed by atoms with van der Waals surface area (Å²) in [5.74, 6) is 0.0424. The third-order valence-corrected chi connectivity index (χ3v) is 4.95. The molecule has 0 aliphatic carbocycles. The van der Waals surface area contributed by atoms with Crippen LogP contribution in [0, 0.1) is 6.92 Å². The van der Waals surface area contributed by atoms with E-state index in [0.29, 0.717) is 22.3 Å². The maximum absolute atomic E-state index is 12.9. The summed E-state index contributed by atoms with van der Waals surface area (Å²) < 4.78 is 5.63. The van der Waals surface area contributed by atoms with Crippen molar-refractivity contribution in [3.63, 3.8) is 0 Å². The van der Waals surface area contributed by atoms with Crippen molar-refractivity contribution in [2.24, 2.45) is 0 Å². The SMILES string of the molecule is CCNC(=O)[C@H](C)N(Cc1ccc(Cl)cc1)C(=O)COc1ccc(Cl)c(C)c1. The van der Waals surface area contributed by atoms with Crippen LogP contribution in [0.4, 0.5) is 0 Å². The second-order valence-corrected chi connectivity index (χ2v) is 7.26. The molecule has 1 N–H and O–H groups in total. The monoisotopic (exact) mass is 422 g/mol. The number of rotatable bonds is 8. The zero-order valence-electron chi connectivity index (χ0n) is 16.2. The van der Waals surface area contributed by atoms with Crippen LogP contribution in [0.2, 0.25) is 10.0 Å². The molecule has 0 heterocycles. The first-order chi connectivity index (χ1) is 13.3. The Morgan fingerprint density at radius 1 is 1.14 bits per heavy atom. The maximum Gasteiger partial charge on any atom is 0.261 e. The van der Waals surface area contributed by atoms with Gasteiger partial charge in [-0.3, -0.25) is 9.59 Å². The van der Waals surface area contributed by atoms with Gasteiger partial charge >= 0.3 is 0 Å². The van der Waals surface area contributed by atoms with Gasteiger partial charge in [-0.05, 0) is 62.2 Å². The smallest absolute Gasteiger partial charge is 0.261 e. The topological polar surface area (TPSA) is 58.6 Å². The van der Waals surface area contributed by atoms with Crippen LogP contribution in [-0.2, 0) is 16.1 Å². The number of benzene rings is 2. The molecule has 1 atom stereocenters. The highest BCUT2D eigenvalue weighted by Crippen LogP contribution is 2.21. The largest absolute Gasteiger partial charge is 0.484 e. The van der Waals surface area contributed by atoms with Gasteiger partial charge in [0, 0.05) is 23.1 Å². The first-order valence-electron chi connectivity index (χ1n) is 9.02. The standard InChI is InChI=1S/C21H24Cl2N2O3/c1-4-24-21(27)15(3)25(12-16-5-7-17(22)8-6-16)20(26)13-28-18-9-10-19(23)14(2)11-18/h5-11,15H,4,12-13H2,1-3H3,(H,24,27)/t15-/m0/s1. The van der Waals surface area contributed by atoms with Gasteiger partial charge in [0.15, 0.2) is 6.61 Å². The van der Waals surface area contributed by atoms with Crippen LogP contribution in [0.25, 0.3) is 0 Å². The van der Waals surface area contributed by atoms with E-state index in [4.69, 9.17) is 27.9 Å². The minimum absolute atomic E-state index is 0.182. The van der Waals surface area contributed by atoms with E-state index in [2.05, 4.69) is 5.32 Å². The Hall–Kier alpha value is -2.24. The van der Waals surface area contributed by atoms with Gasteiger partial charge in [0.1, 0.15) is 11.8 Å². The van der Waals surface area contributed by atoms with E-state index in [-0.39, 0.29) is 25.0 Å². The molecular formula is C21H24Cl2N2O3. The van der Waals surface area contributed by atoms with E-state index in [0.717, 1.165) is 11.1 Å². The third kappa shape index (κ3) is 6.14.